The highest BCUT2D eigenvalue weighted by Gasteiger charge is 2.66. The number of benzene rings is 4. The summed E-state index contributed by atoms with van der Waals surface area (Å²) in [4.78, 5) is 12.4. The lowest BCUT2D eigenvalue weighted by atomic mass is 9.65. The Morgan fingerprint density at radius 3 is 1.85 bits per heavy atom. The number of carbonyl (C=O) groups is 1. The van der Waals surface area contributed by atoms with Gasteiger partial charge < -0.3 is 19.7 Å². The molecule has 0 bridgehead atoms. The Bertz CT molecular complexity index is 1700. The van der Waals surface area contributed by atoms with Gasteiger partial charge in [0.15, 0.2) is 0 Å². The zero-order valence-electron chi connectivity index (χ0n) is 26.7. The molecule has 1 fully saturated rings. The summed E-state index contributed by atoms with van der Waals surface area (Å²) in [5.41, 5.74) is -1.70. The number of hydrogen-bond donors (Lipinski definition) is 2. The maximum atomic E-state index is 13.8. The molecule has 0 aromatic heterocycles. The van der Waals surface area contributed by atoms with Crippen LogP contribution in [-0.2, 0) is 48.0 Å². The lowest BCUT2D eigenvalue weighted by Crippen LogP contribution is -2.77. The van der Waals surface area contributed by atoms with Crippen molar-refractivity contribution in [3.8, 4) is 0 Å². The topological polar surface area (TPSA) is 119 Å². The number of hydrogen-bond acceptors (Lipinski definition) is 8. The lowest BCUT2D eigenvalue weighted by Gasteiger charge is -2.56. The summed E-state index contributed by atoms with van der Waals surface area (Å²) in [7, 11) is -4.57. The van der Waals surface area contributed by atoms with Gasteiger partial charge in [-0.15, -0.1) is 0 Å². The van der Waals surface area contributed by atoms with E-state index >= 15 is 0 Å². The SMILES string of the molecule is [2H]Cc1ccc(S(=O)(=O)O[C@@H]2C(CC(C)=O)O[C@H](COCc3ccccc3)[C@@](O)(Cc3ccccc3)[C@@]2(O)Cc2ccccc2)cc1. The van der Waals surface area contributed by atoms with Crippen LogP contribution in [0.2, 0.25) is 0 Å². The van der Waals surface area contributed by atoms with Crippen LogP contribution in [0.25, 0.3) is 0 Å². The van der Waals surface area contributed by atoms with E-state index in [-0.39, 0.29) is 50.1 Å². The minimum absolute atomic E-state index is 0.0323. The smallest absolute Gasteiger partial charge is 0.297 e. The molecule has 1 aliphatic heterocycles. The molecule has 1 saturated heterocycles. The summed E-state index contributed by atoms with van der Waals surface area (Å²) in [6, 6.07) is 33.1. The first-order valence-electron chi connectivity index (χ1n) is 15.9. The number of ether oxygens (including phenoxy) is 2. The van der Waals surface area contributed by atoms with E-state index in [0.717, 1.165) is 5.56 Å². The predicted molar refractivity (Wildman–Crippen MR) is 173 cm³/mol. The second kappa shape index (κ2) is 14.4. The summed E-state index contributed by atoms with van der Waals surface area (Å²) in [6.45, 7) is 1.34. The van der Waals surface area contributed by atoms with E-state index in [2.05, 4.69) is 0 Å². The third kappa shape index (κ3) is 7.63. The molecule has 242 valence electrons. The number of ketones is 1. The average molecular weight is 646 g/mol. The van der Waals surface area contributed by atoms with Crippen molar-refractivity contribution in [1.29, 1.82) is 0 Å². The molecule has 0 aliphatic carbocycles. The van der Waals surface area contributed by atoms with Gasteiger partial charge in [-0.25, -0.2) is 0 Å². The van der Waals surface area contributed by atoms with Gasteiger partial charge in [-0.2, -0.15) is 8.42 Å². The standard InChI is InChI=1S/C37H40O8S/c1-27-18-20-32(21-19-27)46(41,42)45-35-33(22-28(2)38)44-34(26-43-25-31-16-10-5-11-17-31)36(39,23-29-12-6-3-7-13-29)37(35,40)24-30-14-8-4-9-15-30/h3-21,33-35,39-40H,22-26H2,1-2H3/t33?,34-,35-,36+,37-/m1/s1/i1D. The van der Waals surface area contributed by atoms with Gasteiger partial charge in [0.25, 0.3) is 10.1 Å². The van der Waals surface area contributed by atoms with Crippen LogP contribution in [0.4, 0.5) is 0 Å². The van der Waals surface area contributed by atoms with Crippen LogP contribution in [0.3, 0.4) is 0 Å². The van der Waals surface area contributed by atoms with Crippen LogP contribution in [0.5, 0.6) is 0 Å². The van der Waals surface area contributed by atoms with E-state index < -0.39 is 39.6 Å². The molecule has 2 N–H and O–H groups in total. The summed E-state index contributed by atoms with van der Waals surface area (Å²) in [6.07, 6.45) is -4.80. The largest absolute Gasteiger partial charge is 0.384 e. The molecule has 1 heterocycles. The monoisotopic (exact) mass is 645 g/mol. The molecule has 1 aliphatic rings. The summed E-state index contributed by atoms with van der Waals surface area (Å²) in [5, 5.41) is 25.9. The van der Waals surface area contributed by atoms with Crippen molar-refractivity contribution in [3.63, 3.8) is 0 Å². The zero-order valence-corrected chi connectivity index (χ0v) is 26.5. The fourth-order valence-electron chi connectivity index (χ4n) is 6.03. The number of aliphatic hydroxyl groups is 2. The van der Waals surface area contributed by atoms with Crippen LogP contribution >= 0.6 is 0 Å². The van der Waals surface area contributed by atoms with E-state index in [4.69, 9.17) is 15.0 Å². The maximum Gasteiger partial charge on any atom is 0.297 e. The van der Waals surface area contributed by atoms with Crippen molar-refractivity contribution in [2.75, 3.05) is 6.61 Å². The van der Waals surface area contributed by atoms with E-state index in [1.165, 1.54) is 31.2 Å². The summed E-state index contributed by atoms with van der Waals surface area (Å²) < 4.78 is 53.6. The average Bonchev–Trinajstić information content (AvgIpc) is 3.07. The number of rotatable bonds is 13. The van der Waals surface area contributed by atoms with Gasteiger partial charge in [-0.05, 0) is 42.6 Å². The van der Waals surface area contributed by atoms with Crippen LogP contribution in [0, 0.1) is 6.90 Å². The molecule has 1 unspecified atom stereocenters. The Balaban J connectivity index is 1.62. The molecule has 5 atom stereocenters. The Kier molecular flexibility index (Phi) is 10.1. The molecule has 8 nitrogen and oxygen atoms in total. The van der Waals surface area contributed by atoms with Crippen molar-refractivity contribution in [1.82, 2.24) is 0 Å². The van der Waals surface area contributed by atoms with Crippen LogP contribution in [-0.4, -0.2) is 60.5 Å². The van der Waals surface area contributed by atoms with Gasteiger partial charge >= 0.3 is 0 Å². The molecule has 0 radical (unpaired) electrons. The van der Waals surface area contributed by atoms with Crippen molar-refractivity contribution >= 4 is 15.9 Å². The van der Waals surface area contributed by atoms with Crippen molar-refractivity contribution in [3.05, 3.63) is 138 Å². The van der Waals surface area contributed by atoms with Crippen molar-refractivity contribution in [2.45, 2.75) is 74.1 Å². The van der Waals surface area contributed by atoms with Crippen molar-refractivity contribution < 1.29 is 38.5 Å². The molecular formula is C37H40O8S. The number of aryl methyl sites for hydroxylation is 1. The second-order valence-corrected chi connectivity index (χ2v) is 13.4. The number of Topliss-reactive ketones (excluding diaryl/α,β-unsaturated/α-hetero) is 1. The highest BCUT2D eigenvalue weighted by Crippen LogP contribution is 2.46. The number of carbonyl (C=O) groups excluding carboxylic acids is 1. The molecule has 9 heteroatoms. The minimum Gasteiger partial charge on any atom is -0.384 e. The molecule has 4 aromatic rings. The predicted octanol–water partition coefficient (Wildman–Crippen LogP) is 4.98. The highest BCUT2D eigenvalue weighted by atomic mass is 32.2. The first-order chi connectivity index (χ1) is 22.5. The Hall–Kier alpha value is -3.70. The highest BCUT2D eigenvalue weighted by molar-refractivity contribution is 7.86. The fourth-order valence-corrected chi connectivity index (χ4v) is 7.16. The van der Waals surface area contributed by atoms with Crippen LogP contribution in [0.1, 0.15) is 37.0 Å². The van der Waals surface area contributed by atoms with Gasteiger partial charge in [0.05, 0.1) is 24.2 Å². The first kappa shape index (κ1) is 32.2. The Morgan fingerprint density at radius 2 is 1.33 bits per heavy atom. The molecule has 5 rings (SSSR count). The lowest BCUT2D eigenvalue weighted by molar-refractivity contribution is -0.316. The zero-order chi connectivity index (χ0) is 33.5. The normalized spacial score (nSPS) is 25.1. The third-order valence-electron chi connectivity index (χ3n) is 8.37. The van der Waals surface area contributed by atoms with E-state index in [0.29, 0.717) is 16.7 Å². The molecule has 0 amide bonds. The van der Waals surface area contributed by atoms with Crippen LogP contribution < -0.4 is 0 Å². The van der Waals surface area contributed by atoms with E-state index in [1.54, 1.807) is 48.5 Å². The van der Waals surface area contributed by atoms with Gasteiger partial charge in [0.2, 0.25) is 0 Å². The van der Waals surface area contributed by atoms with E-state index in [1.807, 2.05) is 42.5 Å². The third-order valence-corrected chi connectivity index (χ3v) is 9.68. The minimum atomic E-state index is -4.57. The van der Waals surface area contributed by atoms with E-state index in [9.17, 15) is 23.4 Å². The fraction of sp³-hybridized carbons (Fsp3) is 0.324. The first-order valence-corrected chi connectivity index (χ1v) is 16.6. The second-order valence-electron chi connectivity index (χ2n) is 11.9. The molecule has 46 heavy (non-hydrogen) atoms. The molecular weight excluding hydrogens is 604 g/mol. The summed E-state index contributed by atoms with van der Waals surface area (Å²) >= 11 is 0. The van der Waals surface area contributed by atoms with Gasteiger partial charge in [-0.3, -0.25) is 8.98 Å². The molecule has 4 aromatic carbocycles. The van der Waals surface area contributed by atoms with Crippen molar-refractivity contribution in [2.24, 2.45) is 0 Å². The Morgan fingerprint density at radius 1 is 0.804 bits per heavy atom. The maximum absolute atomic E-state index is 13.8. The molecule has 0 saturated carbocycles. The Labute approximate surface area is 272 Å². The summed E-state index contributed by atoms with van der Waals surface area (Å²) in [5.74, 6) is -0.319. The van der Waals surface area contributed by atoms with Crippen LogP contribution in [0.15, 0.2) is 120 Å². The molecule has 0 spiro atoms. The van der Waals surface area contributed by atoms with Gasteiger partial charge in [0.1, 0.15) is 29.2 Å². The van der Waals surface area contributed by atoms with Gasteiger partial charge in [0, 0.05) is 20.6 Å². The quantitative estimate of drug-likeness (QED) is 0.196. The van der Waals surface area contributed by atoms with Gasteiger partial charge in [-0.1, -0.05) is 109 Å².